The summed E-state index contributed by atoms with van der Waals surface area (Å²) in [6, 6.07) is 7.64. The number of rotatable bonds is 2. The summed E-state index contributed by atoms with van der Waals surface area (Å²) < 4.78 is 0. The van der Waals surface area contributed by atoms with E-state index in [-0.39, 0.29) is 5.91 Å². The maximum absolute atomic E-state index is 11.0. The van der Waals surface area contributed by atoms with Crippen LogP contribution in [0.15, 0.2) is 24.3 Å². The molecule has 0 bridgehead atoms. The summed E-state index contributed by atoms with van der Waals surface area (Å²) >= 11 is 0. The fourth-order valence-electron chi connectivity index (χ4n) is 1.04. The highest BCUT2D eigenvalue weighted by molar-refractivity contribution is 5.90. The van der Waals surface area contributed by atoms with Crippen molar-refractivity contribution in [3.63, 3.8) is 0 Å². The Bertz CT molecular complexity index is 292. The van der Waals surface area contributed by atoms with Crippen molar-refractivity contribution in [2.75, 3.05) is 11.9 Å². The summed E-state index contributed by atoms with van der Waals surface area (Å²) in [5, 5.41) is 0. The first-order valence-corrected chi connectivity index (χ1v) is 4.18. The Hall–Kier alpha value is -1.35. The normalized spacial score (nSPS) is 9.77. The van der Waals surface area contributed by atoms with Crippen LogP contribution >= 0.6 is 0 Å². The monoisotopic (exact) mass is 178 g/mol. The average Bonchev–Trinajstić information content (AvgIpc) is 2.17. The minimum absolute atomic E-state index is 0.0282. The van der Waals surface area contributed by atoms with Crippen LogP contribution in [0.3, 0.4) is 0 Å². The van der Waals surface area contributed by atoms with Crippen LogP contribution in [0.2, 0.25) is 0 Å². The van der Waals surface area contributed by atoms with E-state index < -0.39 is 0 Å². The Balaban J connectivity index is 2.85. The standard InChI is InChI=1S/C10H14N2O/c1-8(13)12(2)10-5-3-9(7-11)4-6-10/h3-6H,7,11H2,1-2H3. The third-order valence-corrected chi connectivity index (χ3v) is 2.03. The van der Waals surface area contributed by atoms with E-state index in [0.717, 1.165) is 11.3 Å². The zero-order chi connectivity index (χ0) is 9.84. The molecular formula is C10H14N2O. The largest absolute Gasteiger partial charge is 0.326 e. The highest BCUT2D eigenvalue weighted by Crippen LogP contribution is 2.13. The van der Waals surface area contributed by atoms with Crippen molar-refractivity contribution in [2.45, 2.75) is 13.5 Å². The number of benzene rings is 1. The molecule has 13 heavy (non-hydrogen) atoms. The number of amides is 1. The van der Waals surface area contributed by atoms with Crippen molar-refractivity contribution in [1.29, 1.82) is 0 Å². The molecule has 1 aromatic rings. The minimum Gasteiger partial charge on any atom is -0.326 e. The molecule has 0 aliphatic heterocycles. The van der Waals surface area contributed by atoms with Crippen molar-refractivity contribution >= 4 is 11.6 Å². The molecule has 70 valence electrons. The number of nitrogens with zero attached hydrogens (tertiary/aromatic N) is 1. The van der Waals surface area contributed by atoms with Crippen molar-refractivity contribution in [3.8, 4) is 0 Å². The maximum Gasteiger partial charge on any atom is 0.223 e. The number of carbonyl (C=O) groups is 1. The van der Waals surface area contributed by atoms with Crippen LogP contribution in [0.4, 0.5) is 5.69 Å². The third kappa shape index (κ3) is 2.29. The maximum atomic E-state index is 11.0. The van der Waals surface area contributed by atoms with Crippen LogP contribution in [-0.4, -0.2) is 13.0 Å². The lowest BCUT2D eigenvalue weighted by Crippen LogP contribution is -2.22. The van der Waals surface area contributed by atoms with E-state index >= 15 is 0 Å². The van der Waals surface area contributed by atoms with E-state index in [1.807, 2.05) is 24.3 Å². The number of nitrogens with two attached hydrogens (primary N) is 1. The van der Waals surface area contributed by atoms with Gasteiger partial charge in [-0.05, 0) is 17.7 Å². The van der Waals surface area contributed by atoms with Crippen LogP contribution in [0.25, 0.3) is 0 Å². The molecule has 1 amide bonds. The highest BCUT2D eigenvalue weighted by Gasteiger charge is 2.03. The van der Waals surface area contributed by atoms with Crippen molar-refractivity contribution in [3.05, 3.63) is 29.8 Å². The van der Waals surface area contributed by atoms with Gasteiger partial charge >= 0.3 is 0 Å². The second-order valence-electron chi connectivity index (χ2n) is 2.95. The van der Waals surface area contributed by atoms with E-state index in [2.05, 4.69) is 0 Å². The Labute approximate surface area is 78.2 Å². The molecular weight excluding hydrogens is 164 g/mol. The summed E-state index contributed by atoms with van der Waals surface area (Å²) in [4.78, 5) is 12.6. The van der Waals surface area contributed by atoms with Crippen LogP contribution in [0.5, 0.6) is 0 Å². The molecule has 0 unspecified atom stereocenters. The molecule has 0 radical (unpaired) electrons. The quantitative estimate of drug-likeness (QED) is 0.737. The third-order valence-electron chi connectivity index (χ3n) is 2.03. The summed E-state index contributed by atoms with van der Waals surface area (Å²) in [6.07, 6.45) is 0. The highest BCUT2D eigenvalue weighted by atomic mass is 16.2. The Morgan fingerprint density at radius 1 is 1.38 bits per heavy atom. The van der Waals surface area contributed by atoms with Gasteiger partial charge in [-0.25, -0.2) is 0 Å². The molecule has 0 saturated carbocycles. The van der Waals surface area contributed by atoms with Gasteiger partial charge in [0.15, 0.2) is 0 Å². The fourth-order valence-corrected chi connectivity index (χ4v) is 1.04. The molecule has 0 fully saturated rings. The molecule has 1 rings (SSSR count). The minimum atomic E-state index is 0.0282. The SMILES string of the molecule is CC(=O)N(C)c1ccc(CN)cc1. The van der Waals surface area contributed by atoms with E-state index in [9.17, 15) is 4.79 Å². The number of hydrogen-bond acceptors (Lipinski definition) is 2. The van der Waals surface area contributed by atoms with Gasteiger partial charge in [-0.15, -0.1) is 0 Å². The first-order valence-electron chi connectivity index (χ1n) is 4.18. The molecule has 0 aliphatic carbocycles. The average molecular weight is 178 g/mol. The van der Waals surface area contributed by atoms with E-state index in [4.69, 9.17) is 5.73 Å². The van der Waals surface area contributed by atoms with Gasteiger partial charge < -0.3 is 10.6 Å². The molecule has 0 atom stereocenters. The molecule has 0 aromatic heterocycles. The van der Waals surface area contributed by atoms with Crippen molar-refractivity contribution < 1.29 is 4.79 Å². The lowest BCUT2D eigenvalue weighted by Gasteiger charge is -2.14. The number of hydrogen-bond donors (Lipinski definition) is 1. The van der Waals surface area contributed by atoms with E-state index in [1.165, 1.54) is 6.92 Å². The van der Waals surface area contributed by atoms with Gasteiger partial charge in [-0.1, -0.05) is 12.1 Å². The zero-order valence-corrected chi connectivity index (χ0v) is 7.95. The molecule has 3 nitrogen and oxygen atoms in total. The molecule has 0 spiro atoms. The Kier molecular flexibility index (Phi) is 3.03. The van der Waals surface area contributed by atoms with Gasteiger partial charge in [-0.3, -0.25) is 4.79 Å². The van der Waals surface area contributed by atoms with Crippen LogP contribution < -0.4 is 10.6 Å². The van der Waals surface area contributed by atoms with Gasteiger partial charge in [0.2, 0.25) is 5.91 Å². The topological polar surface area (TPSA) is 46.3 Å². The second kappa shape index (κ2) is 4.05. The molecule has 0 aliphatic rings. The first kappa shape index (κ1) is 9.74. The summed E-state index contributed by atoms with van der Waals surface area (Å²) in [5.41, 5.74) is 7.42. The van der Waals surface area contributed by atoms with E-state index in [1.54, 1.807) is 11.9 Å². The summed E-state index contributed by atoms with van der Waals surface area (Å²) in [5.74, 6) is 0.0282. The lowest BCUT2D eigenvalue weighted by atomic mass is 10.2. The predicted octanol–water partition coefficient (Wildman–Crippen LogP) is 1.13. The molecule has 0 saturated heterocycles. The van der Waals surface area contributed by atoms with Gasteiger partial charge in [-0.2, -0.15) is 0 Å². The predicted molar refractivity (Wildman–Crippen MR) is 53.4 cm³/mol. The molecule has 1 aromatic carbocycles. The van der Waals surface area contributed by atoms with Gasteiger partial charge in [0.25, 0.3) is 0 Å². The van der Waals surface area contributed by atoms with Crippen molar-refractivity contribution in [2.24, 2.45) is 5.73 Å². The van der Waals surface area contributed by atoms with Gasteiger partial charge in [0.1, 0.15) is 0 Å². The summed E-state index contributed by atoms with van der Waals surface area (Å²) in [7, 11) is 1.75. The van der Waals surface area contributed by atoms with Crippen LogP contribution in [0.1, 0.15) is 12.5 Å². The van der Waals surface area contributed by atoms with Gasteiger partial charge in [0.05, 0.1) is 0 Å². The fraction of sp³-hybridized carbons (Fsp3) is 0.300. The van der Waals surface area contributed by atoms with Gasteiger partial charge in [0, 0.05) is 26.2 Å². The zero-order valence-electron chi connectivity index (χ0n) is 7.95. The smallest absolute Gasteiger partial charge is 0.223 e. The second-order valence-corrected chi connectivity index (χ2v) is 2.95. The molecule has 0 heterocycles. The lowest BCUT2D eigenvalue weighted by molar-refractivity contribution is -0.116. The summed E-state index contributed by atoms with van der Waals surface area (Å²) in [6.45, 7) is 2.07. The number of carbonyl (C=O) groups excluding carboxylic acids is 1. The van der Waals surface area contributed by atoms with Crippen LogP contribution in [-0.2, 0) is 11.3 Å². The van der Waals surface area contributed by atoms with E-state index in [0.29, 0.717) is 6.54 Å². The number of anilines is 1. The van der Waals surface area contributed by atoms with Crippen LogP contribution in [0, 0.1) is 0 Å². The Morgan fingerprint density at radius 3 is 2.31 bits per heavy atom. The molecule has 3 heteroatoms. The Morgan fingerprint density at radius 2 is 1.92 bits per heavy atom. The molecule has 2 N–H and O–H groups in total. The van der Waals surface area contributed by atoms with Crippen molar-refractivity contribution in [1.82, 2.24) is 0 Å². The first-order chi connectivity index (χ1) is 6.15.